The Bertz CT molecular complexity index is 425. The largest absolute Gasteiger partial charge is 0.448 e. The van der Waals surface area contributed by atoms with E-state index in [2.05, 4.69) is 5.10 Å². The van der Waals surface area contributed by atoms with Gasteiger partial charge in [-0.1, -0.05) is 17.2 Å². The Kier molecular flexibility index (Phi) is 4.24. The molecule has 0 unspecified atom stereocenters. The van der Waals surface area contributed by atoms with Crippen molar-refractivity contribution in [3.05, 3.63) is 29.8 Å². The zero-order valence-corrected chi connectivity index (χ0v) is 9.14. The molecule has 1 aromatic rings. The van der Waals surface area contributed by atoms with Gasteiger partial charge >= 0.3 is 6.09 Å². The lowest BCUT2D eigenvalue weighted by atomic mass is 10.2. The molecule has 0 saturated carbocycles. The Morgan fingerprint density at radius 3 is 2.88 bits per heavy atom. The van der Waals surface area contributed by atoms with Gasteiger partial charge in [0, 0.05) is 0 Å². The average molecular weight is 220 g/mol. The fourth-order valence-electron chi connectivity index (χ4n) is 1.19. The molecule has 1 amide bonds. The summed E-state index contributed by atoms with van der Waals surface area (Å²) >= 11 is 0. The number of aryl methyl sites for hydroxylation is 1. The van der Waals surface area contributed by atoms with Gasteiger partial charge in [-0.05, 0) is 31.5 Å². The molecule has 84 valence electrons. The molecular weight excluding hydrogens is 208 g/mol. The van der Waals surface area contributed by atoms with Crippen LogP contribution in [0, 0.1) is 6.92 Å². The number of benzene rings is 1. The highest BCUT2D eigenvalue weighted by molar-refractivity contribution is 5.87. The van der Waals surface area contributed by atoms with Crippen LogP contribution in [0.1, 0.15) is 12.5 Å². The predicted octanol–water partition coefficient (Wildman–Crippen LogP) is 2.21. The molecule has 0 aliphatic heterocycles. The molecule has 0 spiro atoms. The van der Waals surface area contributed by atoms with Crippen molar-refractivity contribution in [1.29, 1.82) is 0 Å². The van der Waals surface area contributed by atoms with Crippen molar-refractivity contribution in [1.82, 2.24) is 0 Å². The predicted molar refractivity (Wildman–Crippen MR) is 58.8 cm³/mol. The Morgan fingerprint density at radius 1 is 1.56 bits per heavy atom. The quantitative estimate of drug-likeness (QED) is 0.445. The first-order valence-corrected chi connectivity index (χ1v) is 4.80. The van der Waals surface area contributed by atoms with Gasteiger partial charge in [0.05, 0.1) is 12.3 Å². The maximum Gasteiger partial charge on any atom is 0.435 e. The van der Waals surface area contributed by atoms with Crippen LogP contribution in [0.5, 0.6) is 0 Å². The second-order valence-corrected chi connectivity index (χ2v) is 3.04. The molecular formula is C11H12N2O3. The molecule has 0 fully saturated rings. The number of hydrazone groups is 1. The van der Waals surface area contributed by atoms with E-state index in [1.54, 1.807) is 25.1 Å². The molecule has 1 aromatic carbocycles. The fraction of sp³-hybridized carbons (Fsp3) is 0.273. The van der Waals surface area contributed by atoms with Crippen molar-refractivity contribution in [3.8, 4) is 0 Å². The summed E-state index contributed by atoms with van der Waals surface area (Å²) in [7, 11) is 0. The number of carbonyl (C=O) groups excluding carboxylic acids is 2. The highest BCUT2D eigenvalue weighted by Crippen LogP contribution is 2.16. The third-order valence-electron chi connectivity index (χ3n) is 1.83. The van der Waals surface area contributed by atoms with Crippen molar-refractivity contribution in [2.24, 2.45) is 5.10 Å². The lowest BCUT2D eigenvalue weighted by molar-refractivity contribution is 0.160. The van der Waals surface area contributed by atoms with E-state index in [0.717, 1.165) is 10.6 Å². The van der Waals surface area contributed by atoms with E-state index in [0.29, 0.717) is 5.69 Å². The smallest absolute Gasteiger partial charge is 0.435 e. The summed E-state index contributed by atoms with van der Waals surface area (Å²) in [5, 5.41) is 4.19. The lowest BCUT2D eigenvalue weighted by Gasteiger charge is -2.14. The van der Waals surface area contributed by atoms with Gasteiger partial charge in [0.2, 0.25) is 0 Å². The molecule has 0 atom stereocenters. The lowest BCUT2D eigenvalue weighted by Crippen LogP contribution is -2.26. The second kappa shape index (κ2) is 5.68. The number of ether oxygens (including phenoxy) is 1. The number of hydrogen-bond donors (Lipinski definition) is 0. The van der Waals surface area contributed by atoms with Gasteiger partial charge in [0.1, 0.15) is 0 Å². The van der Waals surface area contributed by atoms with E-state index in [1.807, 2.05) is 13.0 Å². The van der Waals surface area contributed by atoms with E-state index < -0.39 is 6.09 Å². The van der Waals surface area contributed by atoms with Crippen LogP contribution >= 0.6 is 0 Å². The standard InChI is InChI=1S/C11H12N2O3/c1-3-16-11(15)13(12-8-14)10-6-4-5-9(2)7-10/h4-7H,3H2,1-2H3. The van der Waals surface area contributed by atoms with Crippen LogP contribution in [0.15, 0.2) is 29.4 Å². The summed E-state index contributed by atoms with van der Waals surface area (Å²) < 4.78 is 4.77. The van der Waals surface area contributed by atoms with Crippen LogP contribution in [0.3, 0.4) is 0 Å². The number of anilines is 1. The topological polar surface area (TPSA) is 59.0 Å². The van der Waals surface area contributed by atoms with Crippen LogP contribution in [0.2, 0.25) is 0 Å². The van der Waals surface area contributed by atoms with E-state index in [-0.39, 0.29) is 6.61 Å². The zero-order valence-electron chi connectivity index (χ0n) is 9.14. The zero-order chi connectivity index (χ0) is 12.0. The van der Waals surface area contributed by atoms with Crippen molar-refractivity contribution in [2.75, 3.05) is 11.6 Å². The molecule has 0 aliphatic rings. The second-order valence-electron chi connectivity index (χ2n) is 3.04. The van der Waals surface area contributed by atoms with Crippen molar-refractivity contribution < 1.29 is 14.3 Å². The number of hydrogen-bond acceptors (Lipinski definition) is 4. The van der Waals surface area contributed by atoms with Crippen LogP contribution in [-0.4, -0.2) is 18.8 Å². The summed E-state index contributed by atoms with van der Waals surface area (Å²) in [6.07, 6.45) is 0.627. The van der Waals surface area contributed by atoms with Crippen LogP contribution < -0.4 is 5.01 Å². The van der Waals surface area contributed by atoms with Crippen LogP contribution in [0.25, 0.3) is 0 Å². The number of amides is 1. The Labute approximate surface area is 93.3 Å². The first-order chi connectivity index (χ1) is 7.69. The molecule has 0 radical (unpaired) electrons. The minimum absolute atomic E-state index is 0.218. The van der Waals surface area contributed by atoms with Crippen LogP contribution in [0.4, 0.5) is 10.5 Å². The maximum absolute atomic E-state index is 11.5. The Morgan fingerprint density at radius 2 is 2.31 bits per heavy atom. The number of nitrogens with zero attached hydrogens (tertiary/aromatic N) is 2. The molecule has 0 N–H and O–H groups in total. The minimum Gasteiger partial charge on any atom is -0.448 e. The van der Waals surface area contributed by atoms with Crippen LogP contribution in [-0.2, 0) is 9.53 Å². The summed E-state index contributed by atoms with van der Waals surface area (Å²) in [5.41, 5.74) is 1.43. The normalized spacial score (nSPS) is 9.12. The number of rotatable bonds is 3. The first-order valence-electron chi connectivity index (χ1n) is 4.80. The highest BCUT2D eigenvalue weighted by atomic mass is 16.6. The van der Waals surface area contributed by atoms with Gasteiger partial charge in [-0.3, -0.25) is 0 Å². The third-order valence-corrected chi connectivity index (χ3v) is 1.83. The highest BCUT2D eigenvalue weighted by Gasteiger charge is 2.16. The van der Waals surface area contributed by atoms with Crippen molar-refractivity contribution >= 4 is 17.9 Å². The van der Waals surface area contributed by atoms with Crippen molar-refractivity contribution in [3.63, 3.8) is 0 Å². The molecule has 16 heavy (non-hydrogen) atoms. The Balaban J connectivity index is 3.02. The minimum atomic E-state index is -0.698. The number of carbonyl (C=O) groups is 1. The Hall–Kier alpha value is -2.13. The van der Waals surface area contributed by atoms with E-state index in [9.17, 15) is 9.59 Å². The molecule has 5 nitrogen and oxygen atoms in total. The molecule has 0 aliphatic carbocycles. The molecule has 1 rings (SSSR count). The van der Waals surface area contributed by atoms with E-state index >= 15 is 0 Å². The van der Waals surface area contributed by atoms with Gasteiger partial charge in [0.15, 0.2) is 0 Å². The molecule has 0 aromatic heterocycles. The average Bonchev–Trinajstić information content (AvgIpc) is 2.26. The monoisotopic (exact) mass is 220 g/mol. The summed E-state index contributed by atoms with van der Waals surface area (Å²) in [6, 6.07) is 7.01. The van der Waals surface area contributed by atoms with Gasteiger partial charge in [-0.15, -0.1) is 0 Å². The van der Waals surface area contributed by atoms with Gasteiger partial charge in [-0.25, -0.2) is 9.59 Å². The fourth-order valence-corrected chi connectivity index (χ4v) is 1.19. The van der Waals surface area contributed by atoms with E-state index in [1.165, 1.54) is 6.08 Å². The SMILES string of the molecule is CCOC(=O)N(N=C=O)c1cccc(C)c1. The third kappa shape index (κ3) is 2.93. The van der Waals surface area contributed by atoms with Crippen molar-refractivity contribution in [2.45, 2.75) is 13.8 Å². The first kappa shape index (κ1) is 11.9. The summed E-state index contributed by atoms with van der Waals surface area (Å²) in [5.74, 6) is 0. The molecule has 0 saturated heterocycles. The van der Waals surface area contributed by atoms with Gasteiger partial charge < -0.3 is 4.74 Å². The van der Waals surface area contributed by atoms with Gasteiger partial charge in [-0.2, -0.15) is 5.01 Å². The number of isocyanates is 1. The maximum atomic E-state index is 11.5. The summed E-state index contributed by atoms with van der Waals surface area (Å²) in [4.78, 5) is 21.7. The molecule has 0 bridgehead atoms. The molecule has 5 heteroatoms. The van der Waals surface area contributed by atoms with E-state index in [4.69, 9.17) is 4.74 Å². The van der Waals surface area contributed by atoms with Gasteiger partial charge in [0.25, 0.3) is 6.08 Å². The summed E-state index contributed by atoms with van der Waals surface area (Å²) in [6.45, 7) is 3.77. The molecule has 0 heterocycles.